The summed E-state index contributed by atoms with van der Waals surface area (Å²) in [5.74, 6) is 0.858. The molecule has 0 unspecified atom stereocenters. The van der Waals surface area contributed by atoms with E-state index in [0.29, 0.717) is 19.6 Å². The van der Waals surface area contributed by atoms with Crippen LogP contribution in [-0.2, 0) is 12.8 Å². The van der Waals surface area contributed by atoms with Crippen molar-refractivity contribution in [3.8, 4) is 5.75 Å². The number of carbonyl (C=O) groups is 1. The van der Waals surface area contributed by atoms with Crippen molar-refractivity contribution in [2.24, 2.45) is 0 Å². The summed E-state index contributed by atoms with van der Waals surface area (Å²) >= 11 is 0. The van der Waals surface area contributed by atoms with E-state index < -0.39 is 0 Å². The standard InChI is InChI=1S/C19H25N3O2/c1-3-22(15-11-16-8-12-20-13-9-16)19(23)21-14-10-17-6-4-5-7-18(17)24-2/h4-9,12-13H,3,10-11,14-15H2,1-2H3,(H,21,23). The molecule has 0 aliphatic carbocycles. The maximum Gasteiger partial charge on any atom is 0.317 e. The van der Waals surface area contributed by atoms with Crippen LogP contribution in [0.2, 0.25) is 0 Å². The van der Waals surface area contributed by atoms with Crippen LogP contribution in [0.4, 0.5) is 4.79 Å². The van der Waals surface area contributed by atoms with Crippen LogP contribution in [0.5, 0.6) is 5.75 Å². The molecule has 1 aromatic carbocycles. The first-order chi connectivity index (χ1) is 11.7. The number of urea groups is 1. The Morgan fingerprint density at radius 1 is 1.17 bits per heavy atom. The molecule has 0 spiro atoms. The Balaban J connectivity index is 1.79. The van der Waals surface area contributed by atoms with E-state index in [1.54, 1.807) is 19.5 Å². The van der Waals surface area contributed by atoms with E-state index in [9.17, 15) is 4.79 Å². The molecule has 0 saturated heterocycles. The highest BCUT2D eigenvalue weighted by molar-refractivity contribution is 5.74. The van der Waals surface area contributed by atoms with Crippen LogP contribution < -0.4 is 10.1 Å². The number of pyridine rings is 1. The largest absolute Gasteiger partial charge is 0.496 e. The Labute approximate surface area is 143 Å². The lowest BCUT2D eigenvalue weighted by molar-refractivity contribution is 0.201. The van der Waals surface area contributed by atoms with Gasteiger partial charge in [-0.15, -0.1) is 0 Å². The number of amides is 2. The van der Waals surface area contributed by atoms with Crippen molar-refractivity contribution in [3.63, 3.8) is 0 Å². The van der Waals surface area contributed by atoms with Crippen LogP contribution in [0.25, 0.3) is 0 Å². The van der Waals surface area contributed by atoms with Gasteiger partial charge in [-0.1, -0.05) is 18.2 Å². The van der Waals surface area contributed by atoms with Gasteiger partial charge in [0.1, 0.15) is 5.75 Å². The molecule has 1 N–H and O–H groups in total. The molecule has 0 fully saturated rings. The lowest BCUT2D eigenvalue weighted by atomic mass is 10.1. The molecule has 2 amide bonds. The Morgan fingerprint density at radius 3 is 2.62 bits per heavy atom. The molecule has 0 aliphatic heterocycles. The molecule has 0 radical (unpaired) electrons. The minimum atomic E-state index is -0.0264. The lowest BCUT2D eigenvalue weighted by Crippen LogP contribution is -2.41. The van der Waals surface area contributed by atoms with Gasteiger partial charge in [-0.25, -0.2) is 4.79 Å². The normalized spacial score (nSPS) is 10.2. The summed E-state index contributed by atoms with van der Waals surface area (Å²) in [6.07, 6.45) is 5.13. The monoisotopic (exact) mass is 327 g/mol. The summed E-state index contributed by atoms with van der Waals surface area (Å²) in [5, 5.41) is 2.99. The topological polar surface area (TPSA) is 54.5 Å². The fraction of sp³-hybridized carbons (Fsp3) is 0.368. The number of para-hydroxylation sites is 1. The van der Waals surface area contributed by atoms with Crippen LogP contribution >= 0.6 is 0 Å². The molecule has 5 heteroatoms. The highest BCUT2D eigenvalue weighted by Crippen LogP contribution is 2.17. The van der Waals surface area contributed by atoms with E-state index >= 15 is 0 Å². The van der Waals surface area contributed by atoms with Gasteiger partial charge in [0, 0.05) is 32.0 Å². The zero-order valence-electron chi connectivity index (χ0n) is 14.4. The van der Waals surface area contributed by atoms with Crippen molar-refractivity contribution >= 4 is 6.03 Å². The maximum atomic E-state index is 12.3. The van der Waals surface area contributed by atoms with Crippen LogP contribution in [0.15, 0.2) is 48.8 Å². The predicted molar refractivity (Wildman–Crippen MR) is 95.3 cm³/mol. The van der Waals surface area contributed by atoms with Crippen molar-refractivity contribution in [1.82, 2.24) is 15.2 Å². The highest BCUT2D eigenvalue weighted by Gasteiger charge is 2.11. The second-order valence-electron chi connectivity index (χ2n) is 5.48. The number of nitrogens with zero attached hydrogens (tertiary/aromatic N) is 2. The Morgan fingerprint density at radius 2 is 1.92 bits per heavy atom. The first kappa shape index (κ1) is 17.8. The summed E-state index contributed by atoms with van der Waals surface area (Å²) < 4.78 is 5.33. The molecular weight excluding hydrogens is 302 g/mol. The number of hydrogen-bond acceptors (Lipinski definition) is 3. The maximum absolute atomic E-state index is 12.3. The SMILES string of the molecule is CCN(CCc1ccncc1)C(=O)NCCc1ccccc1OC. The van der Waals surface area contributed by atoms with E-state index in [1.165, 1.54) is 5.56 Å². The minimum Gasteiger partial charge on any atom is -0.496 e. The number of nitrogens with one attached hydrogen (secondary N) is 1. The average Bonchev–Trinajstić information content (AvgIpc) is 2.63. The summed E-state index contributed by atoms with van der Waals surface area (Å²) in [7, 11) is 1.66. The van der Waals surface area contributed by atoms with E-state index in [-0.39, 0.29) is 6.03 Å². The average molecular weight is 327 g/mol. The van der Waals surface area contributed by atoms with Gasteiger partial charge in [0.15, 0.2) is 0 Å². The number of methoxy groups -OCH3 is 1. The molecular formula is C19H25N3O2. The van der Waals surface area contributed by atoms with E-state index in [4.69, 9.17) is 4.74 Å². The van der Waals surface area contributed by atoms with Crippen LogP contribution in [0, 0.1) is 0 Å². The van der Waals surface area contributed by atoms with Crippen LogP contribution in [0.3, 0.4) is 0 Å². The number of hydrogen-bond donors (Lipinski definition) is 1. The van der Waals surface area contributed by atoms with Gasteiger partial charge in [-0.05, 0) is 49.1 Å². The fourth-order valence-electron chi connectivity index (χ4n) is 2.54. The Kier molecular flexibility index (Phi) is 7.08. The number of benzene rings is 1. The smallest absolute Gasteiger partial charge is 0.317 e. The third-order valence-electron chi connectivity index (χ3n) is 3.95. The second-order valence-corrected chi connectivity index (χ2v) is 5.48. The quantitative estimate of drug-likeness (QED) is 0.811. The molecule has 5 nitrogen and oxygen atoms in total. The van der Waals surface area contributed by atoms with E-state index in [2.05, 4.69) is 10.3 Å². The molecule has 0 saturated carbocycles. The first-order valence-electron chi connectivity index (χ1n) is 8.28. The summed E-state index contributed by atoms with van der Waals surface area (Å²) in [4.78, 5) is 18.1. The van der Waals surface area contributed by atoms with Gasteiger partial charge in [0.05, 0.1) is 7.11 Å². The number of ether oxygens (including phenoxy) is 1. The molecule has 2 rings (SSSR count). The number of rotatable bonds is 8. The number of likely N-dealkylation sites (N-methyl/N-ethyl adjacent to an activating group) is 1. The van der Waals surface area contributed by atoms with Gasteiger partial charge in [0.2, 0.25) is 0 Å². The molecule has 2 aromatic rings. The number of aromatic nitrogens is 1. The second kappa shape index (κ2) is 9.55. The third-order valence-corrected chi connectivity index (χ3v) is 3.95. The van der Waals surface area contributed by atoms with Crippen molar-refractivity contribution in [2.45, 2.75) is 19.8 Å². The molecule has 1 heterocycles. The van der Waals surface area contributed by atoms with Crippen molar-refractivity contribution in [3.05, 3.63) is 59.9 Å². The predicted octanol–water partition coefficient (Wildman–Crippen LogP) is 2.91. The van der Waals surface area contributed by atoms with Gasteiger partial charge < -0.3 is 15.0 Å². The molecule has 0 atom stereocenters. The molecule has 128 valence electrons. The van der Waals surface area contributed by atoms with Crippen LogP contribution in [0.1, 0.15) is 18.1 Å². The van der Waals surface area contributed by atoms with Crippen LogP contribution in [-0.4, -0.2) is 42.7 Å². The van der Waals surface area contributed by atoms with Crippen molar-refractivity contribution in [2.75, 3.05) is 26.7 Å². The Hall–Kier alpha value is -2.56. The lowest BCUT2D eigenvalue weighted by Gasteiger charge is -2.21. The summed E-state index contributed by atoms with van der Waals surface area (Å²) in [6.45, 7) is 3.96. The van der Waals surface area contributed by atoms with Gasteiger partial charge in [-0.3, -0.25) is 4.98 Å². The minimum absolute atomic E-state index is 0.0264. The Bertz CT molecular complexity index is 632. The van der Waals surface area contributed by atoms with Crippen molar-refractivity contribution in [1.29, 1.82) is 0 Å². The fourth-order valence-corrected chi connectivity index (χ4v) is 2.54. The third kappa shape index (κ3) is 5.26. The van der Waals surface area contributed by atoms with Gasteiger partial charge in [0.25, 0.3) is 0 Å². The van der Waals surface area contributed by atoms with Gasteiger partial charge >= 0.3 is 6.03 Å². The van der Waals surface area contributed by atoms with E-state index in [0.717, 1.165) is 24.2 Å². The zero-order chi connectivity index (χ0) is 17.2. The summed E-state index contributed by atoms with van der Waals surface area (Å²) in [5.41, 5.74) is 2.28. The first-order valence-corrected chi connectivity index (χ1v) is 8.28. The highest BCUT2D eigenvalue weighted by atomic mass is 16.5. The van der Waals surface area contributed by atoms with Gasteiger partial charge in [-0.2, -0.15) is 0 Å². The number of carbonyl (C=O) groups excluding carboxylic acids is 1. The molecule has 1 aromatic heterocycles. The van der Waals surface area contributed by atoms with Crippen molar-refractivity contribution < 1.29 is 9.53 Å². The van der Waals surface area contributed by atoms with E-state index in [1.807, 2.05) is 48.2 Å². The molecule has 0 bridgehead atoms. The molecule has 24 heavy (non-hydrogen) atoms. The molecule has 0 aliphatic rings. The zero-order valence-corrected chi connectivity index (χ0v) is 14.4. The summed E-state index contributed by atoms with van der Waals surface area (Å²) in [6, 6.07) is 11.8.